The Balaban J connectivity index is 2.50. The summed E-state index contributed by atoms with van der Waals surface area (Å²) in [5, 5.41) is 23.4. The van der Waals surface area contributed by atoms with Crippen LogP contribution >= 0.6 is 12.2 Å². The van der Waals surface area contributed by atoms with E-state index in [-0.39, 0.29) is 5.11 Å². The molecule has 2 atom stereocenters. The molecule has 1 aliphatic rings. The van der Waals surface area contributed by atoms with Crippen LogP contribution in [-0.4, -0.2) is 21.7 Å². The van der Waals surface area contributed by atoms with E-state index in [1.165, 1.54) is 0 Å². The Bertz CT molecular complexity index is 702. The highest BCUT2D eigenvalue weighted by Gasteiger charge is 2.44. The average Bonchev–Trinajstić information content (AvgIpc) is 2.81. The fourth-order valence-corrected chi connectivity index (χ4v) is 2.72. The van der Waals surface area contributed by atoms with E-state index in [1.54, 1.807) is 31.2 Å². The maximum absolute atomic E-state index is 12.5. The van der Waals surface area contributed by atoms with Crippen LogP contribution in [0.2, 0.25) is 0 Å². The second-order valence-electron chi connectivity index (χ2n) is 4.88. The minimum absolute atomic E-state index is 0.149. The van der Waals surface area contributed by atoms with Gasteiger partial charge in [-0.2, -0.15) is 20.6 Å². The van der Waals surface area contributed by atoms with E-state index in [2.05, 4.69) is 5.10 Å². The van der Waals surface area contributed by atoms with Gasteiger partial charge in [-0.25, -0.2) is 0 Å². The molecule has 6 nitrogen and oxygen atoms in total. The highest BCUT2D eigenvalue weighted by Crippen LogP contribution is 2.36. The third-order valence-corrected chi connectivity index (χ3v) is 3.75. The summed E-state index contributed by atoms with van der Waals surface area (Å²) in [7, 11) is 0. The lowest BCUT2D eigenvalue weighted by Gasteiger charge is -2.24. The number of hydrogen-bond acceptors (Lipinski definition) is 5. The Hall–Kier alpha value is -2.77. The van der Waals surface area contributed by atoms with Gasteiger partial charge in [0.05, 0.1) is 18.1 Å². The molecule has 2 rings (SSSR count). The van der Waals surface area contributed by atoms with Crippen molar-refractivity contribution in [2.75, 3.05) is 0 Å². The molecule has 1 heterocycles. The van der Waals surface area contributed by atoms with Crippen LogP contribution in [0.3, 0.4) is 0 Å². The summed E-state index contributed by atoms with van der Waals surface area (Å²) in [4.78, 5) is 12.5. The highest BCUT2D eigenvalue weighted by atomic mass is 32.1. The third kappa shape index (κ3) is 2.67. The topological polar surface area (TPSA) is 106 Å². The number of nitrogens with zero attached hydrogens (tertiary/aromatic N) is 4. The number of thiocarbonyl (C=S) groups is 1. The third-order valence-electron chi connectivity index (χ3n) is 3.57. The molecule has 1 aromatic carbocycles. The van der Waals surface area contributed by atoms with Gasteiger partial charge in [0.2, 0.25) is 0 Å². The summed E-state index contributed by atoms with van der Waals surface area (Å²) in [6.07, 6.45) is 0. The van der Waals surface area contributed by atoms with Gasteiger partial charge in [-0.3, -0.25) is 4.79 Å². The summed E-state index contributed by atoms with van der Waals surface area (Å²) in [5.41, 5.74) is 6.71. The number of amides is 1. The second kappa shape index (κ2) is 6.33. The monoisotopic (exact) mass is 311 g/mol. The summed E-state index contributed by atoms with van der Waals surface area (Å²) in [5.74, 6) is -2.73. The van der Waals surface area contributed by atoms with Crippen molar-refractivity contribution in [3.63, 3.8) is 0 Å². The standard InChI is InChI=1S/C15H13N5OS/c1-9-12(14(21)20(19-9)15(18)22)13(11(7-16)8-17)10-5-3-2-4-6-10/h2-6,11-13H,1H3,(H2,18,22). The number of nitrogens with two attached hydrogens (primary N) is 1. The van der Waals surface area contributed by atoms with E-state index in [9.17, 15) is 15.3 Å². The van der Waals surface area contributed by atoms with Crippen LogP contribution in [0.4, 0.5) is 0 Å². The van der Waals surface area contributed by atoms with Crippen molar-refractivity contribution in [1.29, 1.82) is 10.5 Å². The van der Waals surface area contributed by atoms with Crippen LogP contribution in [0, 0.1) is 34.5 Å². The molecule has 0 aliphatic carbocycles. The number of nitriles is 2. The van der Waals surface area contributed by atoms with Crippen molar-refractivity contribution in [2.24, 2.45) is 22.7 Å². The van der Waals surface area contributed by atoms with Gasteiger partial charge in [0, 0.05) is 11.6 Å². The van der Waals surface area contributed by atoms with Gasteiger partial charge in [0.15, 0.2) is 5.11 Å². The first-order chi connectivity index (χ1) is 10.5. The number of hydrazone groups is 1. The summed E-state index contributed by atoms with van der Waals surface area (Å²) in [6.45, 7) is 1.67. The van der Waals surface area contributed by atoms with Crippen molar-refractivity contribution >= 4 is 28.9 Å². The zero-order valence-corrected chi connectivity index (χ0v) is 12.6. The largest absolute Gasteiger partial charge is 0.374 e. The van der Waals surface area contributed by atoms with Crippen LogP contribution in [0.15, 0.2) is 35.4 Å². The van der Waals surface area contributed by atoms with E-state index < -0.39 is 23.7 Å². The normalized spacial score (nSPS) is 18.5. The summed E-state index contributed by atoms with van der Waals surface area (Å²) >= 11 is 4.81. The smallest absolute Gasteiger partial charge is 0.259 e. The van der Waals surface area contributed by atoms with Gasteiger partial charge in [-0.05, 0) is 24.7 Å². The molecule has 2 unspecified atom stereocenters. The van der Waals surface area contributed by atoms with Gasteiger partial charge < -0.3 is 5.73 Å². The molecule has 110 valence electrons. The molecule has 0 radical (unpaired) electrons. The Morgan fingerprint density at radius 2 is 1.95 bits per heavy atom. The SMILES string of the molecule is CC1=NN(C(N)=S)C(=O)C1C(c1ccccc1)C(C#N)C#N. The molecule has 0 saturated heterocycles. The fourth-order valence-electron chi connectivity index (χ4n) is 2.59. The quantitative estimate of drug-likeness (QED) is 0.852. The van der Waals surface area contributed by atoms with Crippen molar-refractivity contribution in [3.05, 3.63) is 35.9 Å². The molecular weight excluding hydrogens is 298 g/mol. The molecule has 7 heteroatoms. The predicted molar refractivity (Wildman–Crippen MR) is 84.1 cm³/mol. The van der Waals surface area contributed by atoms with Crippen LogP contribution in [0.5, 0.6) is 0 Å². The Morgan fingerprint density at radius 3 is 2.41 bits per heavy atom. The summed E-state index contributed by atoms with van der Waals surface area (Å²) < 4.78 is 0. The number of carbonyl (C=O) groups excluding carboxylic acids is 1. The van der Waals surface area contributed by atoms with E-state index in [0.29, 0.717) is 5.71 Å². The Kier molecular flexibility index (Phi) is 4.50. The maximum atomic E-state index is 12.5. The van der Waals surface area contributed by atoms with Crippen molar-refractivity contribution in [1.82, 2.24) is 5.01 Å². The summed E-state index contributed by atoms with van der Waals surface area (Å²) in [6, 6.07) is 12.9. The van der Waals surface area contributed by atoms with E-state index in [1.807, 2.05) is 18.2 Å². The van der Waals surface area contributed by atoms with Crippen LogP contribution in [-0.2, 0) is 4.79 Å². The average molecular weight is 311 g/mol. The van der Waals surface area contributed by atoms with E-state index >= 15 is 0 Å². The molecule has 0 spiro atoms. The minimum atomic E-state index is -0.979. The molecule has 2 N–H and O–H groups in total. The first-order valence-corrected chi connectivity index (χ1v) is 6.94. The number of rotatable bonds is 3. The number of benzene rings is 1. The molecule has 0 bridgehead atoms. The van der Waals surface area contributed by atoms with Gasteiger partial charge in [0.25, 0.3) is 5.91 Å². The van der Waals surface area contributed by atoms with Gasteiger partial charge in [-0.15, -0.1) is 0 Å². The molecule has 22 heavy (non-hydrogen) atoms. The fraction of sp³-hybridized carbons (Fsp3) is 0.267. The van der Waals surface area contributed by atoms with Crippen molar-refractivity contribution in [3.8, 4) is 12.1 Å². The lowest BCUT2D eigenvalue weighted by atomic mass is 9.76. The number of carbonyl (C=O) groups is 1. The molecule has 1 aromatic rings. The first kappa shape index (κ1) is 15.6. The van der Waals surface area contributed by atoms with Crippen molar-refractivity contribution < 1.29 is 4.79 Å². The molecule has 1 aliphatic heterocycles. The Labute approximate surface area is 133 Å². The molecule has 0 fully saturated rings. The second-order valence-corrected chi connectivity index (χ2v) is 5.30. The lowest BCUT2D eigenvalue weighted by molar-refractivity contribution is -0.128. The van der Waals surface area contributed by atoms with Crippen molar-refractivity contribution in [2.45, 2.75) is 12.8 Å². The molecule has 0 saturated carbocycles. The van der Waals surface area contributed by atoms with Crippen LogP contribution < -0.4 is 5.73 Å². The zero-order valence-electron chi connectivity index (χ0n) is 11.8. The molecule has 1 amide bonds. The highest BCUT2D eigenvalue weighted by molar-refractivity contribution is 7.80. The van der Waals surface area contributed by atoms with Gasteiger partial charge in [0.1, 0.15) is 5.92 Å². The maximum Gasteiger partial charge on any atom is 0.259 e. The van der Waals surface area contributed by atoms with E-state index in [4.69, 9.17) is 18.0 Å². The first-order valence-electron chi connectivity index (χ1n) is 6.54. The van der Waals surface area contributed by atoms with Gasteiger partial charge in [-0.1, -0.05) is 30.3 Å². The van der Waals surface area contributed by atoms with Gasteiger partial charge >= 0.3 is 0 Å². The minimum Gasteiger partial charge on any atom is -0.374 e. The Morgan fingerprint density at radius 1 is 1.36 bits per heavy atom. The molecule has 0 aromatic heterocycles. The van der Waals surface area contributed by atoms with Crippen LogP contribution in [0.25, 0.3) is 0 Å². The number of hydrogen-bond donors (Lipinski definition) is 1. The molecular formula is C15H13N5OS. The van der Waals surface area contributed by atoms with Crippen LogP contribution in [0.1, 0.15) is 18.4 Å². The predicted octanol–water partition coefficient (Wildman–Crippen LogP) is 1.51. The van der Waals surface area contributed by atoms with E-state index in [0.717, 1.165) is 10.6 Å². The zero-order chi connectivity index (χ0) is 16.3. The lowest BCUT2D eigenvalue weighted by Crippen LogP contribution is -2.39.